The van der Waals surface area contributed by atoms with Crippen molar-refractivity contribution in [1.82, 2.24) is 29.4 Å². The summed E-state index contributed by atoms with van der Waals surface area (Å²) >= 11 is 0. The van der Waals surface area contributed by atoms with Gasteiger partial charge in [0, 0.05) is 31.2 Å². The molecule has 1 unspecified atom stereocenters. The van der Waals surface area contributed by atoms with Crippen LogP contribution < -0.4 is 11.0 Å². The summed E-state index contributed by atoms with van der Waals surface area (Å²) in [5.41, 5.74) is 0.0674. The second-order valence-corrected chi connectivity index (χ2v) is 6.46. The molecule has 142 valence electrons. The topological polar surface area (TPSA) is 86.7 Å². The Balaban J connectivity index is 1.66. The van der Waals surface area contributed by atoms with Crippen molar-refractivity contribution >= 4 is 5.91 Å². The molecule has 1 amide bonds. The van der Waals surface area contributed by atoms with Crippen molar-refractivity contribution in [2.45, 2.75) is 65.2 Å². The standard InChI is InChI=1S/C16H22F2N6O2/c1-3-7-23-16(26)22-8-6-11(4-5-13(22)21-23)19-14(25)12-9-10(2)24(20-12)15(17)18/h9,11,15H,3-8H2,1-2H3,(H,19,25). The molecular formula is C16H22F2N6O2. The molecule has 0 aromatic carbocycles. The summed E-state index contributed by atoms with van der Waals surface area (Å²) in [6.45, 7) is 1.73. The van der Waals surface area contributed by atoms with Gasteiger partial charge in [0.25, 0.3) is 5.91 Å². The van der Waals surface area contributed by atoms with E-state index in [4.69, 9.17) is 0 Å². The first-order valence-corrected chi connectivity index (χ1v) is 8.72. The van der Waals surface area contributed by atoms with Crippen LogP contribution in [0.25, 0.3) is 0 Å². The normalized spacial score (nSPS) is 17.2. The molecule has 0 saturated carbocycles. The summed E-state index contributed by atoms with van der Waals surface area (Å²) in [6, 6.07) is 1.17. The molecule has 2 aromatic heterocycles. The maximum Gasteiger partial charge on any atom is 0.345 e. The minimum Gasteiger partial charge on any atom is -0.348 e. The van der Waals surface area contributed by atoms with Crippen LogP contribution in [-0.2, 0) is 19.5 Å². The number of aromatic nitrogens is 5. The average Bonchev–Trinajstić information content (AvgIpc) is 3.04. The lowest BCUT2D eigenvalue weighted by Crippen LogP contribution is -2.36. The maximum atomic E-state index is 12.8. The highest BCUT2D eigenvalue weighted by Crippen LogP contribution is 2.15. The number of nitrogens with one attached hydrogen (secondary N) is 1. The zero-order valence-corrected chi connectivity index (χ0v) is 14.8. The Labute approximate surface area is 148 Å². The first-order chi connectivity index (χ1) is 12.4. The first kappa shape index (κ1) is 18.3. The van der Waals surface area contributed by atoms with Crippen molar-refractivity contribution in [3.05, 3.63) is 33.8 Å². The van der Waals surface area contributed by atoms with E-state index in [-0.39, 0.29) is 23.1 Å². The second kappa shape index (κ2) is 7.38. The molecule has 0 spiro atoms. The van der Waals surface area contributed by atoms with Crippen molar-refractivity contribution in [2.24, 2.45) is 0 Å². The average molecular weight is 368 g/mol. The van der Waals surface area contributed by atoms with Gasteiger partial charge in [0.15, 0.2) is 5.69 Å². The highest BCUT2D eigenvalue weighted by Gasteiger charge is 2.24. The van der Waals surface area contributed by atoms with Gasteiger partial charge in [-0.3, -0.25) is 9.36 Å². The van der Waals surface area contributed by atoms with E-state index in [1.54, 1.807) is 4.57 Å². The molecule has 3 heterocycles. The molecule has 1 atom stereocenters. The Bertz CT molecular complexity index is 854. The fourth-order valence-corrected chi connectivity index (χ4v) is 3.19. The van der Waals surface area contributed by atoms with Gasteiger partial charge in [0.1, 0.15) is 5.82 Å². The fourth-order valence-electron chi connectivity index (χ4n) is 3.19. The number of halogens is 2. The summed E-state index contributed by atoms with van der Waals surface area (Å²) in [5, 5.41) is 10.8. The van der Waals surface area contributed by atoms with Crippen LogP contribution in [0, 0.1) is 6.92 Å². The van der Waals surface area contributed by atoms with Gasteiger partial charge in [0.05, 0.1) is 0 Å². The Morgan fingerprint density at radius 3 is 2.81 bits per heavy atom. The van der Waals surface area contributed by atoms with E-state index in [0.717, 1.165) is 12.2 Å². The highest BCUT2D eigenvalue weighted by atomic mass is 19.3. The van der Waals surface area contributed by atoms with Gasteiger partial charge in [-0.15, -0.1) is 0 Å². The molecule has 3 rings (SSSR count). The minimum absolute atomic E-state index is 0.0323. The lowest BCUT2D eigenvalue weighted by molar-refractivity contribution is 0.0538. The van der Waals surface area contributed by atoms with E-state index in [2.05, 4.69) is 15.5 Å². The van der Waals surface area contributed by atoms with Gasteiger partial charge in [0.2, 0.25) is 0 Å². The van der Waals surface area contributed by atoms with Crippen molar-refractivity contribution < 1.29 is 13.6 Å². The number of carbonyl (C=O) groups excluding carboxylic acids is 1. The number of fused-ring (bicyclic) bond motifs is 1. The third-order valence-electron chi connectivity index (χ3n) is 4.53. The Hall–Kier alpha value is -2.52. The highest BCUT2D eigenvalue weighted by molar-refractivity contribution is 5.92. The van der Waals surface area contributed by atoms with Crippen LogP contribution in [0.1, 0.15) is 54.7 Å². The van der Waals surface area contributed by atoms with Crippen LogP contribution in [-0.4, -0.2) is 36.1 Å². The molecule has 0 fully saturated rings. The molecule has 1 aliphatic heterocycles. The Morgan fingerprint density at radius 1 is 1.38 bits per heavy atom. The molecule has 0 bridgehead atoms. The van der Waals surface area contributed by atoms with E-state index >= 15 is 0 Å². The summed E-state index contributed by atoms with van der Waals surface area (Å²) in [6.07, 6.45) is 2.61. The van der Waals surface area contributed by atoms with Crippen molar-refractivity contribution in [3.63, 3.8) is 0 Å². The second-order valence-electron chi connectivity index (χ2n) is 6.46. The van der Waals surface area contributed by atoms with E-state index in [1.807, 2.05) is 6.92 Å². The quantitative estimate of drug-likeness (QED) is 0.866. The van der Waals surface area contributed by atoms with E-state index in [1.165, 1.54) is 17.7 Å². The van der Waals surface area contributed by atoms with Crippen molar-refractivity contribution in [3.8, 4) is 0 Å². The summed E-state index contributed by atoms with van der Waals surface area (Å²) in [7, 11) is 0. The fraction of sp³-hybridized carbons (Fsp3) is 0.625. The van der Waals surface area contributed by atoms with Crippen molar-refractivity contribution in [1.29, 1.82) is 0 Å². The lowest BCUT2D eigenvalue weighted by atomic mass is 10.1. The van der Waals surface area contributed by atoms with Gasteiger partial charge in [-0.2, -0.15) is 19.0 Å². The van der Waals surface area contributed by atoms with Crippen molar-refractivity contribution in [2.75, 3.05) is 0 Å². The Morgan fingerprint density at radius 2 is 2.15 bits per heavy atom. The van der Waals surface area contributed by atoms with E-state index in [9.17, 15) is 18.4 Å². The number of rotatable bonds is 5. The monoisotopic (exact) mass is 368 g/mol. The summed E-state index contributed by atoms with van der Waals surface area (Å²) in [4.78, 5) is 24.6. The number of amides is 1. The number of hydrogen-bond acceptors (Lipinski definition) is 4. The maximum absolute atomic E-state index is 12.8. The predicted octanol–water partition coefficient (Wildman–Crippen LogP) is 1.49. The third kappa shape index (κ3) is 3.54. The minimum atomic E-state index is -2.78. The number of carbonyl (C=O) groups is 1. The van der Waals surface area contributed by atoms with Gasteiger partial charge >= 0.3 is 12.2 Å². The molecule has 2 aromatic rings. The number of aryl methyl sites for hydroxylation is 3. The molecule has 0 radical (unpaired) electrons. The van der Waals surface area contributed by atoms with Gasteiger partial charge < -0.3 is 5.32 Å². The predicted molar refractivity (Wildman–Crippen MR) is 89.2 cm³/mol. The van der Waals surface area contributed by atoms with E-state index in [0.29, 0.717) is 37.0 Å². The van der Waals surface area contributed by atoms with Crippen LogP contribution >= 0.6 is 0 Å². The number of hydrogen-bond donors (Lipinski definition) is 1. The first-order valence-electron chi connectivity index (χ1n) is 8.72. The largest absolute Gasteiger partial charge is 0.348 e. The molecule has 1 N–H and O–H groups in total. The van der Waals surface area contributed by atoms with Gasteiger partial charge in [-0.25, -0.2) is 14.2 Å². The Kier molecular flexibility index (Phi) is 5.19. The zero-order chi connectivity index (χ0) is 18.8. The van der Waals surface area contributed by atoms with Crippen LogP contribution in [0.3, 0.4) is 0 Å². The van der Waals surface area contributed by atoms with Crippen LogP contribution in [0.15, 0.2) is 10.9 Å². The van der Waals surface area contributed by atoms with Gasteiger partial charge in [-0.05, 0) is 32.3 Å². The molecule has 0 aliphatic carbocycles. The molecule has 0 saturated heterocycles. The van der Waals surface area contributed by atoms with Crippen LogP contribution in [0.4, 0.5) is 8.78 Å². The SMILES string of the molecule is CCCn1nc2n(c1=O)CCC(NC(=O)c1cc(C)n(C(F)F)n1)CC2. The molecule has 8 nitrogen and oxygen atoms in total. The summed E-state index contributed by atoms with van der Waals surface area (Å²) in [5.74, 6) is 0.235. The molecular weight excluding hydrogens is 346 g/mol. The lowest BCUT2D eigenvalue weighted by Gasteiger charge is -2.15. The smallest absolute Gasteiger partial charge is 0.345 e. The molecule has 1 aliphatic rings. The molecule has 26 heavy (non-hydrogen) atoms. The summed E-state index contributed by atoms with van der Waals surface area (Å²) < 4.78 is 29.2. The van der Waals surface area contributed by atoms with Gasteiger partial charge in [-0.1, -0.05) is 6.92 Å². The zero-order valence-electron chi connectivity index (χ0n) is 14.8. The van der Waals surface area contributed by atoms with Crippen LogP contribution in [0.2, 0.25) is 0 Å². The molecule has 10 heteroatoms. The third-order valence-corrected chi connectivity index (χ3v) is 4.53. The van der Waals surface area contributed by atoms with Crippen LogP contribution in [0.5, 0.6) is 0 Å². The number of alkyl halides is 2. The number of nitrogens with zero attached hydrogens (tertiary/aromatic N) is 5. The van der Waals surface area contributed by atoms with E-state index < -0.39 is 12.5 Å².